The van der Waals surface area contributed by atoms with E-state index < -0.39 is 27.8 Å². The maximum absolute atomic E-state index is 12.6. The van der Waals surface area contributed by atoms with Gasteiger partial charge in [0.2, 0.25) is 0 Å². The highest BCUT2D eigenvalue weighted by molar-refractivity contribution is 7.20. The van der Waals surface area contributed by atoms with Crippen LogP contribution in [0.3, 0.4) is 0 Å². The maximum atomic E-state index is 12.6. The first kappa shape index (κ1) is 52.0. The van der Waals surface area contributed by atoms with Gasteiger partial charge in [0.25, 0.3) is 0 Å². The first-order valence-corrected chi connectivity index (χ1v) is 27.7. The van der Waals surface area contributed by atoms with Crippen LogP contribution in [0.25, 0.3) is 0 Å². The van der Waals surface area contributed by atoms with Crippen LogP contribution in [0.2, 0.25) is 36.3 Å². The number of hydrogen-bond acceptors (Lipinski definition) is 10. The number of rotatable bonds is 10. The molecule has 2 heterocycles. The summed E-state index contributed by atoms with van der Waals surface area (Å²) in [6, 6.07) is 26.0. The molecule has 0 bridgehead atoms. The number of halogens is 1. The van der Waals surface area contributed by atoms with Crippen LogP contribution in [-0.2, 0) is 27.1 Å². The molecule has 4 aromatic rings. The zero-order chi connectivity index (χ0) is 45.2. The normalized spacial score (nSPS) is 15.6. The third kappa shape index (κ3) is 14.3. The van der Waals surface area contributed by atoms with Gasteiger partial charge >= 0.3 is 11.9 Å². The maximum Gasteiger partial charge on any atom is 0.338 e. The van der Waals surface area contributed by atoms with E-state index in [9.17, 15) is 14.7 Å². The Morgan fingerprint density at radius 3 is 1.42 bits per heavy atom. The van der Waals surface area contributed by atoms with E-state index in [1.54, 1.807) is 31.2 Å². The van der Waals surface area contributed by atoms with Gasteiger partial charge < -0.3 is 38.0 Å². The molecular formula is C49H69ClO10Si2. The number of carbonyl (C=O) groups is 2. The summed E-state index contributed by atoms with van der Waals surface area (Å²) in [5.74, 6) is 1.53. The van der Waals surface area contributed by atoms with Gasteiger partial charge in [-0.1, -0.05) is 123 Å². The van der Waals surface area contributed by atoms with E-state index >= 15 is 0 Å². The van der Waals surface area contributed by atoms with Crippen molar-refractivity contribution in [3.05, 3.63) is 118 Å². The standard InChI is InChI=1S/C24H32O5Si.C18H18O5.C6H15ClSi.CH4/c1-17-20(23(25)27-14-18-10-8-7-9-11-18)12-13-21-22(17)29-19(15-26-21)16-28-30(5,6)24(2,3)4;1-12-15(18(20)22-10-13-5-3-2-4-6-13)7-8-16-17(12)23-14(9-19)11-21-16;1-6(2,3)8(4,5)7;/h7-13,19H,14-16H2,1-6H3;2-8,14,19H,9-11H2,1H3;1-5H3;1H4/t19-;14-;;/m10../s1. The van der Waals surface area contributed by atoms with E-state index in [4.69, 9.17) is 43.9 Å². The Kier molecular flexibility index (Phi) is 18.7. The van der Waals surface area contributed by atoms with Crippen molar-refractivity contribution in [2.24, 2.45) is 0 Å². The summed E-state index contributed by atoms with van der Waals surface area (Å²) in [6.45, 7) is 27.2. The van der Waals surface area contributed by atoms with E-state index in [1.807, 2.05) is 67.6 Å². The summed E-state index contributed by atoms with van der Waals surface area (Å²) in [4.78, 5) is 24.9. The van der Waals surface area contributed by atoms with Gasteiger partial charge in [0.15, 0.2) is 50.9 Å². The number of carbonyl (C=O) groups excluding carboxylic acids is 2. The van der Waals surface area contributed by atoms with Gasteiger partial charge in [-0.3, -0.25) is 0 Å². The topological polar surface area (TPSA) is 119 Å². The molecule has 0 saturated heterocycles. The molecule has 62 heavy (non-hydrogen) atoms. The lowest BCUT2D eigenvalue weighted by Crippen LogP contribution is -2.45. The minimum atomic E-state index is -1.88. The highest BCUT2D eigenvalue weighted by atomic mass is 35.6. The lowest BCUT2D eigenvalue weighted by atomic mass is 10.1. The highest BCUT2D eigenvalue weighted by Gasteiger charge is 2.38. The van der Waals surface area contributed by atoms with Gasteiger partial charge in [-0.05, 0) is 72.4 Å². The molecule has 0 fully saturated rings. The number of ether oxygens (including phenoxy) is 6. The molecule has 10 nitrogen and oxygen atoms in total. The van der Waals surface area contributed by atoms with Crippen LogP contribution in [-0.4, -0.2) is 71.4 Å². The molecule has 0 aliphatic carbocycles. The second-order valence-corrected chi connectivity index (χ2v) is 30.4. The monoisotopic (exact) mass is 908 g/mol. The third-order valence-corrected chi connectivity index (χ3v) is 21.2. The number of aliphatic hydroxyl groups excluding tert-OH is 1. The van der Waals surface area contributed by atoms with Gasteiger partial charge in [0, 0.05) is 11.1 Å². The number of esters is 2. The summed E-state index contributed by atoms with van der Waals surface area (Å²) >= 11 is 6.15. The number of aliphatic hydroxyl groups is 1. The van der Waals surface area contributed by atoms with Crippen LogP contribution >= 0.6 is 11.1 Å². The Morgan fingerprint density at radius 1 is 0.661 bits per heavy atom. The zero-order valence-electron chi connectivity index (χ0n) is 38.0. The molecule has 0 spiro atoms. The van der Waals surface area contributed by atoms with Crippen LogP contribution in [0.5, 0.6) is 23.0 Å². The molecule has 0 aromatic heterocycles. The van der Waals surface area contributed by atoms with Crippen molar-refractivity contribution in [1.29, 1.82) is 0 Å². The molecule has 0 unspecified atom stereocenters. The van der Waals surface area contributed by atoms with E-state index in [0.29, 0.717) is 64.5 Å². The summed E-state index contributed by atoms with van der Waals surface area (Å²) in [5.41, 5.74) is 4.17. The summed E-state index contributed by atoms with van der Waals surface area (Å²) in [6.07, 6.45) is -0.627. The molecule has 2 aliphatic rings. The second-order valence-electron chi connectivity index (χ2n) is 18.3. The molecule has 340 valence electrons. The molecule has 2 atom stereocenters. The van der Waals surface area contributed by atoms with Crippen molar-refractivity contribution in [3.63, 3.8) is 0 Å². The Hall–Kier alpha value is -4.34. The molecule has 13 heteroatoms. The van der Waals surface area contributed by atoms with Gasteiger partial charge in [0.1, 0.15) is 26.4 Å². The number of fused-ring (bicyclic) bond motifs is 2. The van der Waals surface area contributed by atoms with Crippen molar-refractivity contribution in [2.45, 2.75) is 125 Å². The Bertz CT molecular complexity index is 2040. The van der Waals surface area contributed by atoms with Gasteiger partial charge in [0.05, 0.1) is 24.3 Å². The van der Waals surface area contributed by atoms with Gasteiger partial charge in [-0.25, -0.2) is 9.59 Å². The summed E-state index contributed by atoms with van der Waals surface area (Å²) in [5, 5.41) is 9.67. The first-order valence-electron chi connectivity index (χ1n) is 20.7. The van der Waals surface area contributed by atoms with Crippen molar-refractivity contribution >= 4 is 38.7 Å². The van der Waals surface area contributed by atoms with E-state index in [-0.39, 0.29) is 44.4 Å². The largest absolute Gasteiger partial charge is 0.486 e. The molecular weight excluding hydrogens is 840 g/mol. The van der Waals surface area contributed by atoms with Crippen molar-refractivity contribution in [3.8, 4) is 23.0 Å². The fraction of sp³-hybridized carbons (Fsp3) is 0.469. The lowest BCUT2D eigenvalue weighted by Gasteiger charge is -2.38. The van der Waals surface area contributed by atoms with E-state index in [2.05, 4.69) is 67.7 Å². The van der Waals surface area contributed by atoms with Crippen LogP contribution in [0, 0.1) is 13.8 Å². The Balaban J connectivity index is 0.000000283. The lowest BCUT2D eigenvalue weighted by molar-refractivity contribution is 0.0424. The average Bonchev–Trinajstić information content (AvgIpc) is 3.21. The van der Waals surface area contributed by atoms with Crippen LogP contribution in [0.15, 0.2) is 84.9 Å². The average molecular weight is 910 g/mol. The molecule has 0 amide bonds. The fourth-order valence-corrected chi connectivity index (χ4v) is 6.39. The van der Waals surface area contributed by atoms with Crippen molar-refractivity contribution < 1.29 is 47.5 Å². The number of hydrogen-bond donors (Lipinski definition) is 1. The first-order chi connectivity index (χ1) is 28.5. The minimum Gasteiger partial charge on any atom is -0.486 e. The van der Waals surface area contributed by atoms with Crippen molar-refractivity contribution in [1.82, 2.24) is 0 Å². The second kappa shape index (κ2) is 22.3. The van der Waals surface area contributed by atoms with Gasteiger partial charge in [-0.15, -0.1) is 0 Å². The van der Waals surface area contributed by atoms with Crippen LogP contribution in [0.4, 0.5) is 0 Å². The molecule has 0 radical (unpaired) electrons. The smallest absolute Gasteiger partial charge is 0.338 e. The van der Waals surface area contributed by atoms with E-state index in [1.165, 1.54) is 0 Å². The van der Waals surface area contributed by atoms with Crippen molar-refractivity contribution in [2.75, 3.05) is 26.4 Å². The SMILES string of the molecule is C.CC(C)(C)[Si](C)(C)Cl.Cc1c(C(=O)OCc2ccccc2)ccc2c1O[C@@H](CO)CO2.Cc1c(C(=O)OCc2ccccc2)ccc2c1O[C@@H](CO[Si](C)(C)C(C)(C)C)CO2. The van der Waals surface area contributed by atoms with Gasteiger partial charge in [-0.2, -0.15) is 11.1 Å². The zero-order valence-corrected chi connectivity index (χ0v) is 40.7. The van der Waals surface area contributed by atoms with Crippen LogP contribution < -0.4 is 18.9 Å². The quantitative estimate of drug-likeness (QED) is 0.0936. The minimum absolute atomic E-state index is 0. The Morgan fingerprint density at radius 2 is 1.05 bits per heavy atom. The Labute approximate surface area is 377 Å². The molecule has 0 saturated carbocycles. The van der Waals surface area contributed by atoms with E-state index in [0.717, 1.165) is 16.7 Å². The molecule has 2 aliphatic heterocycles. The molecule has 6 rings (SSSR count). The predicted molar refractivity (Wildman–Crippen MR) is 253 cm³/mol. The van der Waals surface area contributed by atoms with Crippen LogP contribution in [0.1, 0.15) is 91.9 Å². The predicted octanol–water partition coefficient (Wildman–Crippen LogP) is 11.9. The molecule has 1 N–H and O–H groups in total. The molecule has 4 aromatic carbocycles. The number of benzene rings is 4. The highest BCUT2D eigenvalue weighted by Crippen LogP contribution is 2.41. The fourth-order valence-electron chi connectivity index (χ4n) is 5.35. The summed E-state index contributed by atoms with van der Waals surface area (Å²) in [7, 11) is -3.26. The third-order valence-electron chi connectivity index (χ3n) is 11.4. The summed E-state index contributed by atoms with van der Waals surface area (Å²) < 4.78 is 40.4.